The SMILES string of the molecule is c1ccc(-c2nccn2-c2ccc(-c3nc(-n4c5ccccc5c5ccccc54)nc(-n4c5ccccc5c5ccccc54)n3)cc2)cc1. The molecule has 4 aromatic heterocycles. The lowest BCUT2D eigenvalue weighted by atomic mass is 10.1. The standard InChI is InChI=1S/C42H27N7/c1-2-12-29(13-3-1)40-43-26-27-47(40)30-24-22-28(23-25-30)39-44-41(48-35-18-8-4-14-31(35)32-15-5-9-19-36(32)48)46-42(45-39)49-37-20-10-6-16-33(37)34-17-7-11-21-38(34)49/h1-27H. The maximum absolute atomic E-state index is 5.24. The molecule has 0 bridgehead atoms. The van der Waals surface area contributed by atoms with Crippen LogP contribution in [0.25, 0.3) is 84.0 Å². The van der Waals surface area contributed by atoms with Gasteiger partial charge < -0.3 is 0 Å². The molecular formula is C42H27N7. The average Bonchev–Trinajstić information content (AvgIpc) is 3.88. The van der Waals surface area contributed by atoms with E-state index in [0.717, 1.165) is 66.3 Å². The average molecular weight is 630 g/mol. The Morgan fingerprint density at radius 3 is 1.33 bits per heavy atom. The van der Waals surface area contributed by atoms with Crippen LogP contribution in [0.1, 0.15) is 0 Å². The molecule has 0 saturated heterocycles. The minimum Gasteiger partial charge on any atom is -0.300 e. The summed E-state index contributed by atoms with van der Waals surface area (Å²) >= 11 is 0. The number of para-hydroxylation sites is 4. The van der Waals surface area contributed by atoms with E-state index >= 15 is 0 Å². The molecular weight excluding hydrogens is 603 g/mol. The van der Waals surface area contributed by atoms with Gasteiger partial charge in [-0.1, -0.05) is 103 Å². The fourth-order valence-corrected chi connectivity index (χ4v) is 7.04. The zero-order valence-corrected chi connectivity index (χ0v) is 26.2. The topological polar surface area (TPSA) is 66.3 Å². The normalized spacial score (nSPS) is 11.7. The van der Waals surface area contributed by atoms with E-state index in [9.17, 15) is 0 Å². The second-order valence-corrected chi connectivity index (χ2v) is 12.0. The van der Waals surface area contributed by atoms with Crippen molar-refractivity contribution in [2.75, 3.05) is 0 Å². The molecule has 0 fully saturated rings. The summed E-state index contributed by atoms with van der Waals surface area (Å²) in [5.41, 5.74) is 7.10. The molecule has 0 unspecified atom stereocenters. The van der Waals surface area contributed by atoms with Gasteiger partial charge in [-0.05, 0) is 48.5 Å². The third kappa shape index (κ3) is 4.29. The minimum absolute atomic E-state index is 0.560. The Balaban J connectivity index is 1.21. The molecule has 0 aliphatic rings. The summed E-state index contributed by atoms with van der Waals surface area (Å²) < 4.78 is 6.40. The number of hydrogen-bond donors (Lipinski definition) is 0. The van der Waals surface area contributed by atoms with Crippen molar-refractivity contribution < 1.29 is 0 Å². The number of nitrogens with zero attached hydrogens (tertiary/aromatic N) is 7. The van der Waals surface area contributed by atoms with Gasteiger partial charge in [-0.2, -0.15) is 15.0 Å². The third-order valence-electron chi connectivity index (χ3n) is 9.25. The molecule has 0 amide bonds. The zero-order chi connectivity index (χ0) is 32.3. The lowest BCUT2D eigenvalue weighted by Gasteiger charge is -2.13. The fourth-order valence-electron chi connectivity index (χ4n) is 7.04. The van der Waals surface area contributed by atoms with Gasteiger partial charge in [0.2, 0.25) is 11.9 Å². The highest BCUT2D eigenvalue weighted by molar-refractivity contribution is 6.10. The predicted molar refractivity (Wildman–Crippen MR) is 196 cm³/mol. The molecule has 0 aliphatic heterocycles. The van der Waals surface area contributed by atoms with Crippen molar-refractivity contribution in [2.24, 2.45) is 0 Å². The maximum atomic E-state index is 5.24. The summed E-state index contributed by atoms with van der Waals surface area (Å²) in [5, 5.41) is 4.60. The van der Waals surface area contributed by atoms with Crippen LogP contribution in [0.5, 0.6) is 0 Å². The lowest BCUT2D eigenvalue weighted by molar-refractivity contribution is 0.893. The summed E-state index contributed by atoms with van der Waals surface area (Å²) in [7, 11) is 0. The molecule has 0 spiro atoms. The van der Waals surface area contributed by atoms with Crippen molar-refractivity contribution in [2.45, 2.75) is 0 Å². The van der Waals surface area contributed by atoms with Crippen LogP contribution in [-0.2, 0) is 0 Å². The molecule has 6 aromatic carbocycles. The Labute approximate surface area is 281 Å². The van der Waals surface area contributed by atoms with Gasteiger partial charge in [0.05, 0.1) is 22.1 Å². The second-order valence-electron chi connectivity index (χ2n) is 12.0. The third-order valence-corrected chi connectivity index (χ3v) is 9.25. The Hall–Kier alpha value is -6.86. The fraction of sp³-hybridized carbons (Fsp3) is 0. The van der Waals surface area contributed by atoms with Gasteiger partial charge in [0.25, 0.3) is 0 Å². The molecule has 4 heterocycles. The van der Waals surface area contributed by atoms with Gasteiger partial charge in [0, 0.05) is 50.8 Å². The molecule has 0 atom stereocenters. The van der Waals surface area contributed by atoms with E-state index in [4.69, 9.17) is 15.0 Å². The zero-order valence-electron chi connectivity index (χ0n) is 26.2. The van der Waals surface area contributed by atoms with E-state index in [1.807, 2.05) is 30.6 Å². The van der Waals surface area contributed by atoms with E-state index in [2.05, 4.69) is 152 Å². The van der Waals surface area contributed by atoms with Crippen molar-refractivity contribution >= 4 is 43.6 Å². The van der Waals surface area contributed by atoms with Gasteiger partial charge in [-0.25, -0.2) is 4.98 Å². The van der Waals surface area contributed by atoms with Crippen LogP contribution in [0.4, 0.5) is 0 Å². The number of fused-ring (bicyclic) bond motifs is 6. The van der Waals surface area contributed by atoms with Crippen molar-refractivity contribution in [1.82, 2.24) is 33.6 Å². The van der Waals surface area contributed by atoms with Crippen LogP contribution >= 0.6 is 0 Å². The molecule has 0 aliphatic carbocycles. The molecule has 10 aromatic rings. The molecule has 7 heteroatoms. The molecule has 0 saturated carbocycles. The Morgan fingerprint density at radius 2 is 0.837 bits per heavy atom. The van der Waals surface area contributed by atoms with Crippen LogP contribution in [0.2, 0.25) is 0 Å². The molecule has 0 radical (unpaired) electrons. The largest absolute Gasteiger partial charge is 0.300 e. The van der Waals surface area contributed by atoms with Crippen molar-refractivity contribution in [3.63, 3.8) is 0 Å². The number of hydrogen-bond acceptors (Lipinski definition) is 4. The lowest BCUT2D eigenvalue weighted by Crippen LogP contribution is -2.10. The first-order valence-electron chi connectivity index (χ1n) is 16.2. The Bertz CT molecular complexity index is 2590. The maximum Gasteiger partial charge on any atom is 0.240 e. The molecule has 230 valence electrons. The van der Waals surface area contributed by atoms with Crippen LogP contribution in [0.15, 0.2) is 164 Å². The van der Waals surface area contributed by atoms with Crippen molar-refractivity contribution in [3.05, 3.63) is 164 Å². The predicted octanol–water partition coefficient (Wildman–Crippen LogP) is 9.59. The summed E-state index contributed by atoms with van der Waals surface area (Å²) in [4.78, 5) is 20.3. The molecule has 49 heavy (non-hydrogen) atoms. The summed E-state index contributed by atoms with van der Waals surface area (Å²) in [6.45, 7) is 0. The van der Waals surface area contributed by atoms with E-state index in [1.165, 1.54) is 0 Å². The first kappa shape index (κ1) is 27.3. The highest BCUT2D eigenvalue weighted by Crippen LogP contribution is 2.34. The second kappa shape index (κ2) is 10.9. The van der Waals surface area contributed by atoms with E-state index in [0.29, 0.717) is 17.7 Å². The van der Waals surface area contributed by atoms with Crippen molar-refractivity contribution in [3.8, 4) is 40.4 Å². The summed E-state index contributed by atoms with van der Waals surface area (Å²) in [6.07, 6.45) is 3.82. The molecule has 0 N–H and O–H groups in total. The number of imidazole rings is 1. The first-order chi connectivity index (χ1) is 24.3. The van der Waals surface area contributed by atoms with E-state index in [-0.39, 0.29) is 0 Å². The van der Waals surface area contributed by atoms with Crippen LogP contribution in [0.3, 0.4) is 0 Å². The quantitative estimate of drug-likeness (QED) is 0.190. The van der Waals surface area contributed by atoms with E-state index in [1.54, 1.807) is 0 Å². The Morgan fingerprint density at radius 1 is 0.388 bits per heavy atom. The van der Waals surface area contributed by atoms with Gasteiger partial charge in [0.15, 0.2) is 5.82 Å². The number of benzene rings is 6. The number of aromatic nitrogens is 7. The van der Waals surface area contributed by atoms with Gasteiger partial charge in [-0.3, -0.25) is 13.7 Å². The monoisotopic (exact) mass is 629 g/mol. The summed E-state index contributed by atoms with van der Waals surface area (Å²) in [6, 6.07) is 52.2. The van der Waals surface area contributed by atoms with Crippen LogP contribution in [0, 0.1) is 0 Å². The van der Waals surface area contributed by atoms with Crippen LogP contribution < -0.4 is 0 Å². The molecule has 10 rings (SSSR count). The first-order valence-corrected chi connectivity index (χ1v) is 16.2. The summed E-state index contributed by atoms with van der Waals surface area (Å²) in [5.74, 6) is 2.59. The smallest absolute Gasteiger partial charge is 0.240 e. The highest BCUT2D eigenvalue weighted by atomic mass is 15.3. The van der Waals surface area contributed by atoms with Gasteiger partial charge in [0.1, 0.15) is 5.82 Å². The molecule has 7 nitrogen and oxygen atoms in total. The minimum atomic E-state index is 0.560. The Kier molecular flexibility index (Phi) is 6.04. The van der Waals surface area contributed by atoms with Gasteiger partial charge in [-0.15, -0.1) is 0 Å². The van der Waals surface area contributed by atoms with Crippen molar-refractivity contribution in [1.29, 1.82) is 0 Å². The number of rotatable bonds is 5. The van der Waals surface area contributed by atoms with E-state index < -0.39 is 0 Å². The highest BCUT2D eigenvalue weighted by Gasteiger charge is 2.20. The van der Waals surface area contributed by atoms with Gasteiger partial charge >= 0.3 is 0 Å². The van der Waals surface area contributed by atoms with Crippen LogP contribution in [-0.4, -0.2) is 33.6 Å².